The van der Waals surface area contributed by atoms with E-state index in [1.165, 1.54) is 0 Å². The lowest BCUT2D eigenvalue weighted by Gasteiger charge is -2.05. The highest BCUT2D eigenvalue weighted by molar-refractivity contribution is 5.63. The molecule has 76 valence electrons. The monoisotopic (exact) mass is 192 g/mol. The minimum atomic E-state index is -1.08. The molecule has 0 radical (unpaired) electrons. The lowest BCUT2D eigenvalue weighted by molar-refractivity contribution is -0.220. The molecule has 0 aromatic carbocycles. The van der Waals surface area contributed by atoms with Gasteiger partial charge in [-0.3, -0.25) is 0 Å². The predicted molar refractivity (Wildman–Crippen MR) is 40.8 cm³/mol. The lowest BCUT2D eigenvalue weighted by atomic mass is 10.5. The van der Waals surface area contributed by atoms with Crippen molar-refractivity contribution in [1.82, 2.24) is 0 Å². The fraction of sp³-hybridized carbons (Fsp3) is 0.714. The summed E-state index contributed by atoms with van der Waals surface area (Å²) in [6.45, 7) is 4.99. The maximum atomic E-state index is 10.6. The third kappa shape index (κ3) is 6.92. The fourth-order valence-electron chi connectivity index (χ4n) is 0.422. The molecule has 6 heteroatoms. The molecule has 0 aliphatic rings. The normalized spacial score (nSPS) is 9.23. The molecule has 0 saturated heterocycles. The molecule has 0 aromatic heterocycles. The highest BCUT2D eigenvalue weighted by Gasteiger charge is 2.12. The van der Waals surface area contributed by atoms with Crippen LogP contribution in [0.15, 0.2) is 0 Å². The number of ether oxygens (including phenoxy) is 2. The van der Waals surface area contributed by atoms with Crippen LogP contribution in [-0.4, -0.2) is 25.0 Å². The second kappa shape index (κ2) is 6.10. The van der Waals surface area contributed by atoms with Gasteiger partial charge in [-0.15, -0.1) is 0 Å². The Morgan fingerprint density at radius 1 is 1.15 bits per heavy atom. The molecule has 0 bridgehead atoms. The van der Waals surface area contributed by atoms with Crippen LogP contribution in [0.5, 0.6) is 0 Å². The van der Waals surface area contributed by atoms with Gasteiger partial charge in [-0.1, -0.05) is 0 Å². The summed E-state index contributed by atoms with van der Waals surface area (Å²) in [6.07, 6.45) is -2.50. The van der Waals surface area contributed by atoms with E-state index in [0.29, 0.717) is 0 Å². The first-order valence-corrected chi connectivity index (χ1v) is 3.78. The Balaban J connectivity index is 3.52. The summed E-state index contributed by atoms with van der Waals surface area (Å²) in [6, 6.07) is 0. The highest BCUT2D eigenvalue weighted by Crippen LogP contribution is 1.94. The number of hydrogen-bond acceptors (Lipinski definition) is 6. The summed E-state index contributed by atoms with van der Waals surface area (Å²) in [5, 5.41) is 0. The zero-order valence-corrected chi connectivity index (χ0v) is 7.73. The Bertz CT molecular complexity index is 176. The molecular formula is C7H12O6. The van der Waals surface area contributed by atoms with E-state index < -0.39 is 12.3 Å². The van der Waals surface area contributed by atoms with Crippen molar-refractivity contribution in [1.29, 1.82) is 0 Å². The van der Waals surface area contributed by atoms with Gasteiger partial charge in [0.2, 0.25) is 0 Å². The van der Waals surface area contributed by atoms with Crippen molar-refractivity contribution in [3.05, 3.63) is 0 Å². The van der Waals surface area contributed by atoms with E-state index in [1.54, 1.807) is 20.8 Å². The maximum Gasteiger partial charge on any atom is 0.550 e. The van der Waals surface area contributed by atoms with E-state index in [4.69, 9.17) is 0 Å². The molecule has 0 aliphatic heterocycles. The second-order valence-corrected chi connectivity index (χ2v) is 2.27. The predicted octanol–water partition coefficient (Wildman–Crippen LogP) is 1.64. The van der Waals surface area contributed by atoms with Gasteiger partial charge in [0, 0.05) is 0 Å². The average molecular weight is 192 g/mol. The topological polar surface area (TPSA) is 71.1 Å². The van der Waals surface area contributed by atoms with Gasteiger partial charge in [0.25, 0.3) is 0 Å². The summed E-state index contributed by atoms with van der Waals surface area (Å²) in [5.41, 5.74) is 0. The van der Waals surface area contributed by atoms with E-state index >= 15 is 0 Å². The molecule has 0 aromatic rings. The molecule has 0 saturated carbocycles. The fourth-order valence-corrected chi connectivity index (χ4v) is 0.422. The number of rotatable bonds is 2. The Kier molecular flexibility index (Phi) is 5.42. The zero-order chi connectivity index (χ0) is 10.3. The molecule has 0 atom stereocenters. The summed E-state index contributed by atoms with van der Waals surface area (Å²) in [4.78, 5) is 28.9. The number of carbonyl (C=O) groups is 2. The smallest absolute Gasteiger partial charge is 0.432 e. The van der Waals surface area contributed by atoms with Gasteiger partial charge in [0.1, 0.15) is 0 Å². The van der Waals surface area contributed by atoms with Crippen molar-refractivity contribution in [3.63, 3.8) is 0 Å². The summed E-state index contributed by atoms with van der Waals surface area (Å²) in [7, 11) is 0. The van der Waals surface area contributed by atoms with Gasteiger partial charge in [0.05, 0.1) is 12.7 Å². The molecule has 0 amide bonds. The quantitative estimate of drug-likeness (QED) is 0.376. The third-order valence-corrected chi connectivity index (χ3v) is 0.772. The van der Waals surface area contributed by atoms with E-state index in [1.807, 2.05) is 0 Å². The van der Waals surface area contributed by atoms with Crippen molar-refractivity contribution in [2.24, 2.45) is 0 Å². The summed E-state index contributed by atoms with van der Waals surface area (Å²) in [5.74, 6) is 0. The SMILES string of the molecule is CCOC(=O)OOC(=O)OC(C)C. The molecule has 13 heavy (non-hydrogen) atoms. The first-order valence-electron chi connectivity index (χ1n) is 3.78. The number of carbonyl (C=O) groups excluding carboxylic acids is 2. The van der Waals surface area contributed by atoms with Crippen LogP contribution in [0, 0.1) is 0 Å². The lowest BCUT2D eigenvalue weighted by Crippen LogP contribution is -2.16. The molecular weight excluding hydrogens is 180 g/mol. The van der Waals surface area contributed by atoms with Crippen molar-refractivity contribution < 1.29 is 28.8 Å². The molecule has 0 N–H and O–H groups in total. The second-order valence-electron chi connectivity index (χ2n) is 2.27. The highest BCUT2D eigenvalue weighted by atomic mass is 17.3. The van der Waals surface area contributed by atoms with Crippen LogP contribution in [0.25, 0.3) is 0 Å². The Labute approximate surface area is 75.6 Å². The molecule has 0 unspecified atom stereocenters. The largest absolute Gasteiger partial charge is 0.550 e. The third-order valence-electron chi connectivity index (χ3n) is 0.772. The average Bonchev–Trinajstić information content (AvgIpc) is 2.00. The van der Waals surface area contributed by atoms with Crippen LogP contribution < -0.4 is 0 Å². The van der Waals surface area contributed by atoms with Gasteiger partial charge in [-0.05, 0) is 20.8 Å². The van der Waals surface area contributed by atoms with Crippen LogP contribution in [0.3, 0.4) is 0 Å². The van der Waals surface area contributed by atoms with Gasteiger partial charge >= 0.3 is 12.3 Å². The number of hydrogen-bond donors (Lipinski definition) is 0. The van der Waals surface area contributed by atoms with Crippen molar-refractivity contribution in [2.75, 3.05) is 6.61 Å². The van der Waals surface area contributed by atoms with Crippen LogP contribution in [-0.2, 0) is 19.2 Å². The van der Waals surface area contributed by atoms with E-state index in [-0.39, 0.29) is 12.7 Å². The van der Waals surface area contributed by atoms with Crippen LogP contribution in [0.2, 0.25) is 0 Å². The van der Waals surface area contributed by atoms with Gasteiger partial charge in [-0.25, -0.2) is 0 Å². The van der Waals surface area contributed by atoms with Crippen LogP contribution in [0.4, 0.5) is 9.59 Å². The van der Waals surface area contributed by atoms with E-state index in [9.17, 15) is 9.59 Å². The van der Waals surface area contributed by atoms with Crippen LogP contribution in [0.1, 0.15) is 20.8 Å². The first kappa shape index (κ1) is 11.5. The first-order chi connectivity index (χ1) is 6.06. The van der Waals surface area contributed by atoms with Gasteiger partial charge < -0.3 is 9.47 Å². The molecule has 0 heterocycles. The Hall–Kier alpha value is -1.46. The maximum absolute atomic E-state index is 10.6. The van der Waals surface area contributed by atoms with Gasteiger partial charge in [0.15, 0.2) is 0 Å². The summed E-state index contributed by atoms with van der Waals surface area (Å²) >= 11 is 0. The van der Waals surface area contributed by atoms with Gasteiger partial charge in [-0.2, -0.15) is 19.4 Å². The standard InChI is InChI=1S/C7H12O6/c1-4-10-6(8)12-13-7(9)11-5(2)3/h5H,4H2,1-3H3. The molecule has 0 spiro atoms. The van der Waals surface area contributed by atoms with E-state index in [0.717, 1.165) is 0 Å². The van der Waals surface area contributed by atoms with Crippen molar-refractivity contribution in [2.45, 2.75) is 26.9 Å². The minimum absolute atomic E-state index is 0.140. The minimum Gasteiger partial charge on any atom is -0.432 e. The van der Waals surface area contributed by atoms with E-state index in [2.05, 4.69) is 19.2 Å². The Morgan fingerprint density at radius 2 is 1.69 bits per heavy atom. The Morgan fingerprint density at radius 3 is 2.15 bits per heavy atom. The zero-order valence-electron chi connectivity index (χ0n) is 7.73. The molecule has 0 aliphatic carbocycles. The van der Waals surface area contributed by atoms with Crippen molar-refractivity contribution >= 4 is 12.3 Å². The van der Waals surface area contributed by atoms with Crippen molar-refractivity contribution in [3.8, 4) is 0 Å². The molecule has 6 nitrogen and oxygen atoms in total. The van der Waals surface area contributed by atoms with Crippen LogP contribution >= 0.6 is 0 Å². The molecule has 0 fully saturated rings. The summed E-state index contributed by atoms with van der Waals surface area (Å²) < 4.78 is 8.79. The molecule has 0 rings (SSSR count).